The predicted molar refractivity (Wildman–Crippen MR) is 70.0 cm³/mol. The molecule has 0 spiro atoms. The van der Waals surface area contributed by atoms with Crippen molar-refractivity contribution in [3.05, 3.63) is 23.8 Å². The van der Waals surface area contributed by atoms with Gasteiger partial charge in [0.05, 0.1) is 16.5 Å². The van der Waals surface area contributed by atoms with Crippen LogP contribution in [0.3, 0.4) is 0 Å². The first-order valence-electron chi connectivity index (χ1n) is 5.77. The maximum absolute atomic E-state index is 12.8. The van der Waals surface area contributed by atoms with Crippen molar-refractivity contribution in [3.8, 4) is 0 Å². The summed E-state index contributed by atoms with van der Waals surface area (Å²) in [6.45, 7) is 0. The van der Waals surface area contributed by atoms with E-state index in [1.807, 2.05) is 0 Å². The van der Waals surface area contributed by atoms with E-state index in [1.54, 1.807) is 0 Å². The minimum Gasteiger partial charge on any atom is -0.399 e. The number of anilines is 2. The maximum atomic E-state index is 12.8. The Hall–Kier alpha value is -1.37. The van der Waals surface area contributed by atoms with Crippen molar-refractivity contribution in [1.29, 1.82) is 0 Å². The van der Waals surface area contributed by atoms with E-state index in [2.05, 4.69) is 5.32 Å². The van der Waals surface area contributed by atoms with Gasteiger partial charge in [-0.25, -0.2) is 0 Å². The van der Waals surface area contributed by atoms with Crippen LogP contribution < -0.4 is 11.1 Å². The first-order chi connectivity index (χ1) is 8.88. The van der Waals surface area contributed by atoms with Gasteiger partial charge in [-0.1, -0.05) is 0 Å². The average molecular weight is 290 g/mol. The zero-order valence-electron chi connectivity index (χ0n) is 9.96. The lowest BCUT2D eigenvalue weighted by Crippen LogP contribution is -2.24. The lowest BCUT2D eigenvalue weighted by atomic mass is 10.1. The lowest BCUT2D eigenvalue weighted by molar-refractivity contribution is -0.136. The van der Waals surface area contributed by atoms with Crippen molar-refractivity contribution in [2.75, 3.05) is 16.8 Å². The highest BCUT2D eigenvalue weighted by atomic mass is 32.2. The number of thioether (sulfide) groups is 1. The Morgan fingerprint density at radius 1 is 1.42 bits per heavy atom. The summed E-state index contributed by atoms with van der Waals surface area (Å²) < 4.78 is 38.5. The fourth-order valence-electron chi connectivity index (χ4n) is 1.90. The van der Waals surface area contributed by atoms with E-state index < -0.39 is 11.7 Å². The van der Waals surface area contributed by atoms with Crippen LogP contribution in [0.5, 0.6) is 0 Å². The van der Waals surface area contributed by atoms with Crippen molar-refractivity contribution in [2.45, 2.75) is 24.3 Å². The number of hydrogen-bond acceptors (Lipinski definition) is 3. The van der Waals surface area contributed by atoms with Crippen LogP contribution in [0, 0.1) is 0 Å². The molecule has 1 aromatic carbocycles. The number of amides is 1. The van der Waals surface area contributed by atoms with Crippen LogP contribution in [0.4, 0.5) is 24.5 Å². The number of halogens is 3. The molecule has 7 heteroatoms. The fraction of sp³-hybridized carbons (Fsp3) is 0.417. The highest BCUT2D eigenvalue weighted by Gasteiger charge is 2.35. The molecule has 1 atom stereocenters. The van der Waals surface area contributed by atoms with Gasteiger partial charge in [0.25, 0.3) is 0 Å². The quantitative estimate of drug-likeness (QED) is 0.823. The Balaban J connectivity index is 2.22. The summed E-state index contributed by atoms with van der Waals surface area (Å²) in [6.07, 6.45) is -2.93. The molecule has 1 aliphatic heterocycles. The standard InChI is InChI=1S/C12H13F3N2OS/c13-12(14,15)8-6-7(16)3-4-9(8)17-11(18)10-2-1-5-19-10/h3-4,6,10H,1-2,5,16H2,(H,17,18). The summed E-state index contributed by atoms with van der Waals surface area (Å²) >= 11 is 1.47. The Morgan fingerprint density at radius 3 is 2.74 bits per heavy atom. The van der Waals surface area contributed by atoms with Gasteiger partial charge in [0.2, 0.25) is 5.91 Å². The summed E-state index contributed by atoms with van der Waals surface area (Å²) in [7, 11) is 0. The van der Waals surface area contributed by atoms with Crippen LogP contribution in [0.1, 0.15) is 18.4 Å². The van der Waals surface area contributed by atoms with E-state index in [0.717, 1.165) is 18.2 Å². The third kappa shape index (κ3) is 3.34. The summed E-state index contributed by atoms with van der Waals surface area (Å²) in [5.41, 5.74) is 4.22. The molecule has 1 fully saturated rings. The van der Waals surface area contributed by atoms with Crippen LogP contribution in [0.2, 0.25) is 0 Å². The molecule has 3 N–H and O–H groups in total. The third-order valence-electron chi connectivity index (χ3n) is 2.83. The summed E-state index contributed by atoms with van der Waals surface area (Å²) in [6, 6.07) is 3.36. The molecule has 19 heavy (non-hydrogen) atoms. The summed E-state index contributed by atoms with van der Waals surface area (Å²) in [4.78, 5) is 11.8. The Bertz CT molecular complexity index is 484. The Morgan fingerprint density at radius 2 is 2.16 bits per heavy atom. The zero-order valence-corrected chi connectivity index (χ0v) is 10.8. The summed E-state index contributed by atoms with van der Waals surface area (Å²) in [5.74, 6) is 0.490. The second-order valence-corrected chi connectivity index (χ2v) is 5.60. The molecule has 1 saturated heterocycles. The molecule has 1 heterocycles. The van der Waals surface area contributed by atoms with Gasteiger partial charge in [0, 0.05) is 5.69 Å². The molecule has 1 aromatic rings. The number of carbonyl (C=O) groups excluding carboxylic acids is 1. The van der Waals surface area contributed by atoms with Gasteiger partial charge in [0.15, 0.2) is 0 Å². The van der Waals surface area contributed by atoms with Gasteiger partial charge in [-0.15, -0.1) is 11.8 Å². The fourth-order valence-corrected chi connectivity index (χ4v) is 3.06. The van der Waals surface area contributed by atoms with Crippen LogP contribution in [-0.4, -0.2) is 16.9 Å². The van der Waals surface area contributed by atoms with E-state index in [-0.39, 0.29) is 22.5 Å². The number of nitrogens with one attached hydrogen (secondary N) is 1. The van der Waals surface area contributed by atoms with Gasteiger partial charge >= 0.3 is 6.18 Å². The normalized spacial score (nSPS) is 19.4. The predicted octanol–water partition coefficient (Wildman–Crippen LogP) is 3.12. The molecule has 1 unspecified atom stereocenters. The Labute approximate surface area is 112 Å². The second kappa shape index (κ2) is 5.32. The largest absolute Gasteiger partial charge is 0.418 e. The maximum Gasteiger partial charge on any atom is 0.418 e. The zero-order chi connectivity index (χ0) is 14.0. The topological polar surface area (TPSA) is 55.1 Å². The third-order valence-corrected chi connectivity index (χ3v) is 4.21. The van der Waals surface area contributed by atoms with E-state index in [0.29, 0.717) is 6.42 Å². The number of nitrogen functional groups attached to an aromatic ring is 1. The molecule has 0 bridgehead atoms. The molecule has 0 aromatic heterocycles. The van der Waals surface area contributed by atoms with Crippen LogP contribution >= 0.6 is 11.8 Å². The Kier molecular flexibility index (Phi) is 3.93. The number of rotatable bonds is 2. The minimum absolute atomic E-state index is 0.0144. The van der Waals surface area contributed by atoms with Gasteiger partial charge in [-0.05, 0) is 36.8 Å². The highest BCUT2D eigenvalue weighted by molar-refractivity contribution is 8.00. The molecule has 1 amide bonds. The number of benzene rings is 1. The van der Waals surface area contributed by atoms with Gasteiger partial charge in [-0.2, -0.15) is 13.2 Å². The van der Waals surface area contributed by atoms with E-state index >= 15 is 0 Å². The number of hydrogen-bond donors (Lipinski definition) is 2. The van der Waals surface area contributed by atoms with Crippen molar-refractivity contribution in [3.63, 3.8) is 0 Å². The number of carbonyl (C=O) groups is 1. The van der Waals surface area contributed by atoms with Gasteiger partial charge < -0.3 is 11.1 Å². The monoisotopic (exact) mass is 290 g/mol. The van der Waals surface area contributed by atoms with Crippen LogP contribution in [0.15, 0.2) is 18.2 Å². The molecular formula is C12H13F3N2OS. The van der Waals surface area contributed by atoms with Crippen LogP contribution in [0.25, 0.3) is 0 Å². The van der Waals surface area contributed by atoms with E-state index in [4.69, 9.17) is 5.73 Å². The van der Waals surface area contributed by atoms with Crippen molar-refractivity contribution in [1.82, 2.24) is 0 Å². The first-order valence-corrected chi connectivity index (χ1v) is 6.82. The SMILES string of the molecule is Nc1ccc(NC(=O)C2CCCS2)c(C(F)(F)F)c1. The average Bonchev–Trinajstić information content (AvgIpc) is 2.83. The van der Waals surface area contributed by atoms with E-state index in [9.17, 15) is 18.0 Å². The van der Waals surface area contributed by atoms with Crippen LogP contribution in [-0.2, 0) is 11.0 Å². The molecule has 2 rings (SSSR count). The molecule has 1 aliphatic rings. The smallest absolute Gasteiger partial charge is 0.399 e. The van der Waals surface area contributed by atoms with Crippen molar-refractivity contribution in [2.24, 2.45) is 0 Å². The molecule has 104 valence electrons. The first kappa shape index (κ1) is 14.0. The molecule has 0 aliphatic carbocycles. The second-order valence-electron chi connectivity index (χ2n) is 4.29. The molecule has 0 radical (unpaired) electrons. The van der Waals surface area contributed by atoms with Gasteiger partial charge in [-0.3, -0.25) is 4.79 Å². The van der Waals surface area contributed by atoms with Crippen molar-refractivity contribution >= 4 is 29.0 Å². The highest BCUT2D eigenvalue weighted by Crippen LogP contribution is 2.36. The van der Waals surface area contributed by atoms with E-state index in [1.165, 1.54) is 23.9 Å². The van der Waals surface area contributed by atoms with Gasteiger partial charge in [0.1, 0.15) is 0 Å². The molecule has 3 nitrogen and oxygen atoms in total. The van der Waals surface area contributed by atoms with Crippen molar-refractivity contribution < 1.29 is 18.0 Å². The summed E-state index contributed by atoms with van der Waals surface area (Å²) in [5, 5.41) is 2.09. The molecular weight excluding hydrogens is 277 g/mol. The minimum atomic E-state index is -4.54. The lowest BCUT2D eigenvalue weighted by Gasteiger charge is -2.16. The number of nitrogens with two attached hydrogens (primary N) is 1. The number of alkyl halides is 3. The molecule has 0 saturated carbocycles.